The number of halogens is 2. The van der Waals surface area contributed by atoms with Crippen LogP contribution in [0.5, 0.6) is 0 Å². The lowest BCUT2D eigenvalue weighted by molar-refractivity contribution is 0.101. The Bertz CT molecular complexity index is 1150. The average molecular weight is 389 g/mol. The Balaban J connectivity index is 2.05. The summed E-state index contributed by atoms with van der Waals surface area (Å²) in [5, 5.41) is 6.76. The predicted molar refractivity (Wildman–Crippen MR) is 99.2 cm³/mol. The SMILES string of the molecule is Cc1ccc(NC(=O)c2nn(-c3ccc(Cl)cc3)c(=O)n(C)c2=O)cc1F. The van der Waals surface area contributed by atoms with E-state index in [0.29, 0.717) is 16.3 Å². The van der Waals surface area contributed by atoms with Gasteiger partial charge in [0, 0.05) is 17.8 Å². The van der Waals surface area contributed by atoms with Crippen LogP contribution >= 0.6 is 11.6 Å². The maximum Gasteiger partial charge on any atom is 0.351 e. The fraction of sp³-hybridized carbons (Fsp3) is 0.111. The lowest BCUT2D eigenvalue weighted by atomic mass is 10.2. The Morgan fingerprint density at radius 2 is 1.81 bits per heavy atom. The van der Waals surface area contributed by atoms with E-state index < -0.39 is 28.7 Å². The van der Waals surface area contributed by atoms with Crippen LogP contribution in [-0.4, -0.2) is 20.3 Å². The standard InChI is InChI=1S/C18H14ClFN4O3/c1-10-3-6-12(9-14(10)20)21-16(25)15-17(26)23(2)18(27)24(22-15)13-7-4-11(19)5-8-13/h3-9H,1-2H3,(H,21,25). The fourth-order valence-corrected chi connectivity index (χ4v) is 2.45. The molecule has 1 aromatic heterocycles. The zero-order chi connectivity index (χ0) is 19.7. The van der Waals surface area contributed by atoms with Gasteiger partial charge in [0.15, 0.2) is 0 Å². The third-order valence-corrected chi connectivity index (χ3v) is 4.14. The number of nitrogens with zero attached hydrogens (tertiary/aromatic N) is 3. The van der Waals surface area contributed by atoms with Crippen LogP contribution in [0.2, 0.25) is 5.02 Å². The Labute approximate surface area is 157 Å². The van der Waals surface area contributed by atoms with E-state index in [2.05, 4.69) is 10.4 Å². The van der Waals surface area contributed by atoms with E-state index in [4.69, 9.17) is 11.6 Å². The van der Waals surface area contributed by atoms with Gasteiger partial charge >= 0.3 is 5.69 Å². The van der Waals surface area contributed by atoms with Crippen molar-refractivity contribution in [1.29, 1.82) is 0 Å². The van der Waals surface area contributed by atoms with Gasteiger partial charge in [0.25, 0.3) is 11.5 Å². The molecule has 0 saturated carbocycles. The number of nitrogens with one attached hydrogen (secondary N) is 1. The van der Waals surface area contributed by atoms with E-state index in [-0.39, 0.29) is 5.69 Å². The first-order valence-electron chi connectivity index (χ1n) is 7.81. The van der Waals surface area contributed by atoms with Crippen LogP contribution in [0.25, 0.3) is 5.69 Å². The van der Waals surface area contributed by atoms with Gasteiger partial charge in [-0.15, -0.1) is 0 Å². The maximum absolute atomic E-state index is 13.7. The van der Waals surface area contributed by atoms with Crippen LogP contribution in [0.3, 0.4) is 0 Å². The molecular formula is C18H14ClFN4O3. The molecule has 0 aliphatic heterocycles. The topological polar surface area (TPSA) is 86.0 Å². The Morgan fingerprint density at radius 3 is 2.44 bits per heavy atom. The second-order valence-corrected chi connectivity index (χ2v) is 6.24. The number of benzene rings is 2. The molecule has 0 radical (unpaired) electrons. The van der Waals surface area contributed by atoms with Crippen molar-refractivity contribution in [2.24, 2.45) is 7.05 Å². The molecular weight excluding hydrogens is 375 g/mol. The Hall–Kier alpha value is -3.26. The van der Waals surface area contributed by atoms with E-state index in [1.54, 1.807) is 19.1 Å². The first-order chi connectivity index (χ1) is 12.8. The highest BCUT2D eigenvalue weighted by Gasteiger charge is 2.19. The van der Waals surface area contributed by atoms with Gasteiger partial charge < -0.3 is 5.32 Å². The molecule has 0 aliphatic rings. The summed E-state index contributed by atoms with van der Waals surface area (Å²) in [6, 6.07) is 10.3. The molecule has 0 atom stereocenters. The van der Waals surface area contributed by atoms with Crippen molar-refractivity contribution in [3.05, 3.63) is 85.4 Å². The number of hydrogen-bond acceptors (Lipinski definition) is 4. The van der Waals surface area contributed by atoms with E-state index >= 15 is 0 Å². The van der Waals surface area contributed by atoms with Crippen molar-refractivity contribution >= 4 is 23.2 Å². The first kappa shape index (κ1) is 18.5. The molecule has 9 heteroatoms. The van der Waals surface area contributed by atoms with E-state index in [1.807, 2.05) is 0 Å². The molecule has 3 aromatic rings. The second-order valence-electron chi connectivity index (χ2n) is 5.80. The number of amides is 1. The molecule has 1 N–H and O–H groups in total. The summed E-state index contributed by atoms with van der Waals surface area (Å²) in [7, 11) is 1.24. The van der Waals surface area contributed by atoms with Gasteiger partial charge in [-0.25, -0.2) is 9.18 Å². The lowest BCUT2D eigenvalue weighted by Crippen LogP contribution is -2.43. The monoisotopic (exact) mass is 388 g/mol. The highest BCUT2D eigenvalue weighted by atomic mass is 35.5. The third-order valence-electron chi connectivity index (χ3n) is 3.89. The highest BCUT2D eigenvalue weighted by molar-refractivity contribution is 6.30. The second kappa shape index (κ2) is 7.16. The summed E-state index contributed by atoms with van der Waals surface area (Å²) in [6.07, 6.45) is 0. The quantitative estimate of drug-likeness (QED) is 0.745. The first-order valence-corrected chi connectivity index (χ1v) is 8.19. The van der Waals surface area contributed by atoms with Crippen LogP contribution in [-0.2, 0) is 7.05 Å². The molecule has 138 valence electrons. The normalized spacial score (nSPS) is 10.7. The van der Waals surface area contributed by atoms with E-state index in [9.17, 15) is 18.8 Å². The summed E-state index contributed by atoms with van der Waals surface area (Å²) in [5.74, 6) is -1.36. The van der Waals surface area contributed by atoms with Crippen molar-refractivity contribution in [2.75, 3.05) is 5.32 Å². The molecule has 0 bridgehead atoms. The van der Waals surface area contributed by atoms with Gasteiger partial charge in [-0.3, -0.25) is 14.2 Å². The molecule has 3 rings (SSSR count). The minimum Gasteiger partial charge on any atom is -0.320 e. The van der Waals surface area contributed by atoms with Crippen LogP contribution < -0.4 is 16.6 Å². The van der Waals surface area contributed by atoms with Crippen molar-refractivity contribution in [1.82, 2.24) is 14.3 Å². The molecule has 1 heterocycles. The minimum atomic E-state index is -0.865. The van der Waals surface area contributed by atoms with Crippen LogP contribution in [0.15, 0.2) is 52.1 Å². The zero-order valence-electron chi connectivity index (χ0n) is 14.4. The molecule has 0 unspecified atom stereocenters. The minimum absolute atomic E-state index is 0.163. The number of rotatable bonds is 3. The summed E-state index contributed by atoms with van der Waals surface area (Å²) in [5.41, 5.74) is -1.19. The fourth-order valence-electron chi connectivity index (χ4n) is 2.33. The Morgan fingerprint density at radius 1 is 1.15 bits per heavy atom. The molecule has 1 amide bonds. The van der Waals surface area contributed by atoms with Gasteiger partial charge in [-0.05, 0) is 48.9 Å². The smallest absolute Gasteiger partial charge is 0.320 e. The molecule has 0 saturated heterocycles. The maximum atomic E-state index is 13.7. The molecule has 0 spiro atoms. The lowest BCUT2D eigenvalue weighted by Gasteiger charge is -2.10. The number of hydrogen-bond donors (Lipinski definition) is 1. The van der Waals surface area contributed by atoms with Crippen molar-refractivity contribution < 1.29 is 9.18 Å². The van der Waals surface area contributed by atoms with Crippen LogP contribution in [0.1, 0.15) is 16.1 Å². The molecule has 0 aliphatic carbocycles. The largest absolute Gasteiger partial charge is 0.351 e. The summed E-state index contributed by atoms with van der Waals surface area (Å²) in [6.45, 7) is 1.58. The van der Waals surface area contributed by atoms with E-state index in [0.717, 1.165) is 15.3 Å². The molecule has 2 aromatic carbocycles. The number of carbonyl (C=O) groups excluding carboxylic acids is 1. The van der Waals surface area contributed by atoms with Gasteiger partial charge in [-0.2, -0.15) is 9.78 Å². The summed E-state index contributed by atoms with van der Waals surface area (Å²) in [4.78, 5) is 37.1. The number of anilines is 1. The highest BCUT2D eigenvalue weighted by Crippen LogP contribution is 2.14. The zero-order valence-corrected chi connectivity index (χ0v) is 15.1. The van der Waals surface area contributed by atoms with Gasteiger partial charge in [0.2, 0.25) is 5.69 Å². The third kappa shape index (κ3) is 3.65. The summed E-state index contributed by atoms with van der Waals surface area (Å²) < 4.78 is 15.3. The van der Waals surface area contributed by atoms with Crippen molar-refractivity contribution in [2.45, 2.75) is 6.92 Å². The van der Waals surface area contributed by atoms with Crippen LogP contribution in [0, 0.1) is 12.7 Å². The summed E-state index contributed by atoms with van der Waals surface area (Å²) >= 11 is 5.83. The number of aromatic nitrogens is 3. The molecule has 7 nitrogen and oxygen atoms in total. The predicted octanol–water partition coefficient (Wildman–Crippen LogP) is 2.28. The van der Waals surface area contributed by atoms with Gasteiger partial charge in [-0.1, -0.05) is 17.7 Å². The van der Waals surface area contributed by atoms with Crippen molar-refractivity contribution in [3.8, 4) is 5.69 Å². The average Bonchev–Trinajstić information content (AvgIpc) is 2.64. The van der Waals surface area contributed by atoms with Crippen LogP contribution in [0.4, 0.5) is 10.1 Å². The van der Waals surface area contributed by atoms with Gasteiger partial charge in [0.05, 0.1) is 5.69 Å². The van der Waals surface area contributed by atoms with Crippen molar-refractivity contribution in [3.63, 3.8) is 0 Å². The van der Waals surface area contributed by atoms with Gasteiger partial charge in [0.1, 0.15) is 5.82 Å². The van der Waals surface area contributed by atoms with E-state index in [1.165, 1.54) is 31.3 Å². The number of aryl methyl sites for hydroxylation is 1. The number of carbonyl (C=O) groups is 1. The molecule has 27 heavy (non-hydrogen) atoms. The Kier molecular flexibility index (Phi) is 4.91. The molecule has 0 fully saturated rings.